The van der Waals surface area contributed by atoms with Crippen LogP contribution in [0.4, 0.5) is 0 Å². The van der Waals surface area contributed by atoms with Gasteiger partial charge in [-0.1, -0.05) is 24.3 Å². The smallest absolute Gasteiger partial charge is 0.0390 e. The lowest BCUT2D eigenvalue weighted by molar-refractivity contribution is 0.0210. The van der Waals surface area contributed by atoms with Gasteiger partial charge in [0.25, 0.3) is 0 Å². The standard InChI is InChI=1S/C10H14N2.2ClH/c1-11(2)12-7-9-5-3-4-6-10(9)8-12;;/h3-6H,7-8H2,1-2H3;2*1H. The average molecular weight is 235 g/mol. The first-order valence-corrected chi connectivity index (χ1v) is 4.26. The summed E-state index contributed by atoms with van der Waals surface area (Å²) in [6.07, 6.45) is 0. The summed E-state index contributed by atoms with van der Waals surface area (Å²) in [5.74, 6) is 0. The molecule has 0 N–H and O–H groups in total. The maximum absolute atomic E-state index is 2.32. The van der Waals surface area contributed by atoms with Gasteiger partial charge in [0, 0.05) is 27.2 Å². The molecule has 1 aliphatic heterocycles. The van der Waals surface area contributed by atoms with Crippen LogP contribution in [0, 0.1) is 0 Å². The van der Waals surface area contributed by atoms with Gasteiger partial charge in [0.1, 0.15) is 0 Å². The van der Waals surface area contributed by atoms with Gasteiger partial charge < -0.3 is 0 Å². The van der Waals surface area contributed by atoms with Crippen LogP contribution in [-0.4, -0.2) is 24.1 Å². The molecule has 0 bridgehead atoms. The van der Waals surface area contributed by atoms with Gasteiger partial charge in [-0.2, -0.15) is 0 Å². The van der Waals surface area contributed by atoms with Crippen LogP contribution in [0.15, 0.2) is 24.3 Å². The molecule has 0 amide bonds. The van der Waals surface area contributed by atoms with Gasteiger partial charge >= 0.3 is 0 Å². The third kappa shape index (κ3) is 2.61. The van der Waals surface area contributed by atoms with E-state index in [1.54, 1.807) is 0 Å². The fourth-order valence-electron chi connectivity index (χ4n) is 1.60. The minimum absolute atomic E-state index is 0. The summed E-state index contributed by atoms with van der Waals surface area (Å²) in [5, 5.41) is 4.48. The van der Waals surface area contributed by atoms with Crippen LogP contribution < -0.4 is 0 Å². The zero-order valence-electron chi connectivity index (χ0n) is 8.43. The molecule has 2 nitrogen and oxygen atoms in total. The Labute approximate surface area is 97.7 Å². The third-order valence-electron chi connectivity index (χ3n) is 2.39. The molecule has 0 aromatic heterocycles. The van der Waals surface area contributed by atoms with Crippen molar-refractivity contribution in [3.63, 3.8) is 0 Å². The summed E-state index contributed by atoms with van der Waals surface area (Å²) in [6, 6.07) is 8.63. The van der Waals surface area contributed by atoms with Crippen molar-refractivity contribution in [3.05, 3.63) is 35.4 Å². The second kappa shape index (κ2) is 5.56. The Kier molecular flexibility index (Phi) is 5.45. The number of nitrogens with zero attached hydrogens (tertiary/aromatic N) is 2. The third-order valence-corrected chi connectivity index (χ3v) is 2.39. The van der Waals surface area contributed by atoms with E-state index in [0.29, 0.717) is 0 Å². The molecule has 1 aromatic carbocycles. The highest BCUT2D eigenvalue weighted by Gasteiger charge is 2.18. The molecule has 0 spiro atoms. The number of hydrogen-bond donors (Lipinski definition) is 0. The lowest BCUT2D eigenvalue weighted by atomic mass is 10.1. The second-order valence-corrected chi connectivity index (χ2v) is 3.44. The highest BCUT2D eigenvalue weighted by molar-refractivity contribution is 5.85. The summed E-state index contributed by atoms with van der Waals surface area (Å²) in [5.41, 5.74) is 2.93. The fraction of sp³-hybridized carbons (Fsp3) is 0.400. The van der Waals surface area contributed by atoms with Crippen LogP contribution in [0.2, 0.25) is 0 Å². The van der Waals surface area contributed by atoms with Crippen LogP contribution in [0.5, 0.6) is 0 Å². The molecule has 2 rings (SSSR count). The molecule has 0 atom stereocenters. The van der Waals surface area contributed by atoms with Crippen molar-refractivity contribution in [2.75, 3.05) is 14.1 Å². The topological polar surface area (TPSA) is 6.48 Å². The molecule has 0 fully saturated rings. The molecule has 14 heavy (non-hydrogen) atoms. The lowest BCUT2D eigenvalue weighted by Crippen LogP contribution is -2.31. The van der Waals surface area contributed by atoms with Crippen LogP contribution in [0.25, 0.3) is 0 Å². The number of rotatable bonds is 1. The predicted molar refractivity (Wildman–Crippen MR) is 63.9 cm³/mol. The van der Waals surface area contributed by atoms with Crippen molar-refractivity contribution >= 4 is 24.8 Å². The molecule has 1 heterocycles. The molecule has 1 aromatic rings. The Morgan fingerprint density at radius 3 is 1.79 bits per heavy atom. The number of hydrogen-bond acceptors (Lipinski definition) is 2. The highest BCUT2D eigenvalue weighted by atomic mass is 35.5. The predicted octanol–water partition coefficient (Wildman–Crippen LogP) is 2.32. The minimum atomic E-state index is 0. The Morgan fingerprint density at radius 2 is 1.43 bits per heavy atom. The second-order valence-electron chi connectivity index (χ2n) is 3.44. The molecule has 0 saturated carbocycles. The molecule has 0 radical (unpaired) electrons. The summed E-state index contributed by atoms with van der Waals surface area (Å²) in [4.78, 5) is 0. The van der Waals surface area contributed by atoms with Gasteiger partial charge in [0.2, 0.25) is 0 Å². The van der Waals surface area contributed by atoms with E-state index in [4.69, 9.17) is 0 Å². The molecule has 0 unspecified atom stereocenters. The van der Waals surface area contributed by atoms with Crippen molar-refractivity contribution in [1.82, 2.24) is 10.0 Å². The van der Waals surface area contributed by atoms with E-state index in [-0.39, 0.29) is 24.8 Å². The van der Waals surface area contributed by atoms with Crippen LogP contribution in [0.1, 0.15) is 11.1 Å². The number of benzene rings is 1. The Balaban J connectivity index is 0.000000845. The summed E-state index contributed by atoms with van der Waals surface area (Å²) in [7, 11) is 4.18. The Hall–Kier alpha value is -0.280. The monoisotopic (exact) mass is 234 g/mol. The maximum Gasteiger partial charge on any atom is 0.0390 e. The number of halogens is 2. The summed E-state index contributed by atoms with van der Waals surface area (Å²) < 4.78 is 0. The molecule has 0 saturated heterocycles. The Morgan fingerprint density at radius 1 is 1.00 bits per heavy atom. The van der Waals surface area contributed by atoms with E-state index in [1.165, 1.54) is 11.1 Å². The van der Waals surface area contributed by atoms with Crippen LogP contribution in [-0.2, 0) is 13.1 Å². The van der Waals surface area contributed by atoms with Crippen LogP contribution >= 0.6 is 24.8 Å². The fourth-order valence-corrected chi connectivity index (χ4v) is 1.60. The quantitative estimate of drug-likeness (QED) is 0.737. The van der Waals surface area contributed by atoms with E-state index in [1.807, 2.05) is 0 Å². The van der Waals surface area contributed by atoms with E-state index in [9.17, 15) is 0 Å². The van der Waals surface area contributed by atoms with Gasteiger partial charge in [0.15, 0.2) is 0 Å². The molecular weight excluding hydrogens is 219 g/mol. The van der Waals surface area contributed by atoms with Gasteiger partial charge in [0.05, 0.1) is 0 Å². The first-order valence-electron chi connectivity index (χ1n) is 4.26. The van der Waals surface area contributed by atoms with E-state index in [0.717, 1.165) is 13.1 Å². The first kappa shape index (κ1) is 13.7. The SMILES string of the molecule is CN(C)N1Cc2ccccc2C1.Cl.Cl. The van der Waals surface area contributed by atoms with Crippen molar-refractivity contribution in [3.8, 4) is 0 Å². The van der Waals surface area contributed by atoms with Gasteiger partial charge in [-0.25, -0.2) is 10.0 Å². The Bertz CT molecular complexity index is 264. The van der Waals surface area contributed by atoms with Gasteiger partial charge in [-0.05, 0) is 11.1 Å². The summed E-state index contributed by atoms with van der Waals surface area (Å²) in [6.45, 7) is 2.12. The highest BCUT2D eigenvalue weighted by Crippen LogP contribution is 2.21. The molecule has 80 valence electrons. The van der Waals surface area contributed by atoms with E-state index < -0.39 is 0 Å². The number of hydrazine groups is 1. The molecular formula is C10H16Cl2N2. The van der Waals surface area contributed by atoms with Crippen molar-refractivity contribution in [1.29, 1.82) is 0 Å². The first-order chi connectivity index (χ1) is 5.77. The van der Waals surface area contributed by atoms with E-state index in [2.05, 4.69) is 48.4 Å². The van der Waals surface area contributed by atoms with Crippen molar-refractivity contribution < 1.29 is 0 Å². The molecule has 4 heteroatoms. The maximum atomic E-state index is 2.32. The normalized spacial score (nSPS) is 14.5. The largest absolute Gasteiger partial charge is 0.247 e. The minimum Gasteiger partial charge on any atom is -0.247 e. The average Bonchev–Trinajstić information content (AvgIpc) is 2.46. The van der Waals surface area contributed by atoms with E-state index >= 15 is 0 Å². The van der Waals surface area contributed by atoms with Crippen LogP contribution in [0.3, 0.4) is 0 Å². The lowest BCUT2D eigenvalue weighted by Gasteiger charge is -2.22. The van der Waals surface area contributed by atoms with Crippen molar-refractivity contribution in [2.24, 2.45) is 0 Å². The zero-order valence-corrected chi connectivity index (χ0v) is 10.1. The van der Waals surface area contributed by atoms with Gasteiger partial charge in [-0.3, -0.25) is 0 Å². The van der Waals surface area contributed by atoms with Gasteiger partial charge in [-0.15, -0.1) is 24.8 Å². The summed E-state index contributed by atoms with van der Waals surface area (Å²) >= 11 is 0. The zero-order chi connectivity index (χ0) is 8.55. The van der Waals surface area contributed by atoms with Crippen molar-refractivity contribution in [2.45, 2.75) is 13.1 Å². The molecule has 0 aliphatic carbocycles. The molecule has 1 aliphatic rings. The number of fused-ring (bicyclic) bond motifs is 1.